The van der Waals surface area contributed by atoms with E-state index in [9.17, 15) is 13.2 Å². The Bertz CT molecular complexity index is 1040. The highest BCUT2D eigenvalue weighted by molar-refractivity contribution is 7.94. The van der Waals surface area contributed by atoms with E-state index in [1.165, 1.54) is 18.2 Å². The Labute approximate surface area is 183 Å². The molecule has 1 amide bonds. The van der Waals surface area contributed by atoms with Gasteiger partial charge in [0.2, 0.25) is 0 Å². The van der Waals surface area contributed by atoms with Crippen molar-refractivity contribution in [1.29, 1.82) is 0 Å². The standard InChI is InChI=1S/C22H27ClN3O3S/c1-21(2)13-18(14-22(3,4)26-21)24-20(27)15-7-5-10-19(11-15)30(28,29)25-17-9-6-8-16(23)12-17/h5-12,18,26H,13-14H2,1-4H3,(H,24,27)/q-1/p+1. The Morgan fingerprint density at radius 3 is 2.33 bits per heavy atom. The number of amides is 1. The number of nitrogens with zero attached hydrogens (tertiary/aromatic N) is 1. The highest BCUT2D eigenvalue weighted by Crippen LogP contribution is 2.30. The van der Waals surface area contributed by atoms with Crippen molar-refractivity contribution in [2.75, 3.05) is 0 Å². The first kappa shape index (κ1) is 22.6. The van der Waals surface area contributed by atoms with Gasteiger partial charge >= 0.3 is 0 Å². The van der Waals surface area contributed by atoms with Gasteiger partial charge < -0.3 is 15.4 Å². The van der Waals surface area contributed by atoms with Gasteiger partial charge in [0, 0.05) is 29.5 Å². The second kappa shape index (κ2) is 8.21. The molecule has 162 valence electrons. The number of quaternary nitrogens is 1. The molecule has 2 aromatic carbocycles. The lowest BCUT2D eigenvalue weighted by Crippen LogP contribution is -3.06. The van der Waals surface area contributed by atoms with Gasteiger partial charge in [-0.05, 0) is 52.0 Å². The molecule has 0 spiro atoms. The number of carbonyl (C=O) groups excluding carboxylic acids is 1. The van der Waals surface area contributed by atoms with E-state index in [1.807, 2.05) is 0 Å². The van der Waals surface area contributed by atoms with Crippen LogP contribution in [0.1, 0.15) is 50.9 Å². The number of nitrogens with one attached hydrogen (secondary N) is 1. The molecule has 1 aliphatic heterocycles. The fourth-order valence-corrected chi connectivity index (χ4v) is 5.62. The van der Waals surface area contributed by atoms with Crippen molar-refractivity contribution in [2.24, 2.45) is 0 Å². The molecule has 0 aliphatic carbocycles. The van der Waals surface area contributed by atoms with Crippen LogP contribution < -0.4 is 10.6 Å². The van der Waals surface area contributed by atoms with Gasteiger partial charge in [-0.15, -0.1) is 5.69 Å². The van der Waals surface area contributed by atoms with Crippen LogP contribution in [0.15, 0.2) is 53.4 Å². The molecule has 30 heavy (non-hydrogen) atoms. The summed E-state index contributed by atoms with van der Waals surface area (Å²) in [5.41, 5.74) is 0.560. The predicted molar refractivity (Wildman–Crippen MR) is 119 cm³/mol. The molecule has 8 heteroatoms. The Hall–Kier alpha value is -2.09. The summed E-state index contributed by atoms with van der Waals surface area (Å²) in [6.45, 7) is 8.66. The first-order valence-electron chi connectivity index (χ1n) is 9.87. The third-order valence-electron chi connectivity index (χ3n) is 5.09. The molecule has 3 rings (SSSR count). The van der Waals surface area contributed by atoms with Crippen molar-refractivity contribution in [3.05, 3.63) is 63.8 Å². The van der Waals surface area contributed by atoms with Gasteiger partial charge in [-0.3, -0.25) is 4.79 Å². The van der Waals surface area contributed by atoms with Gasteiger partial charge in [0.25, 0.3) is 5.91 Å². The van der Waals surface area contributed by atoms with Crippen LogP contribution in [0.4, 0.5) is 5.69 Å². The highest BCUT2D eigenvalue weighted by atomic mass is 35.5. The van der Waals surface area contributed by atoms with E-state index in [-0.39, 0.29) is 33.6 Å². The van der Waals surface area contributed by atoms with E-state index in [1.54, 1.807) is 30.3 Å². The fraction of sp³-hybridized carbons (Fsp3) is 0.409. The summed E-state index contributed by atoms with van der Waals surface area (Å²) in [4.78, 5) is 12.8. The van der Waals surface area contributed by atoms with Crippen LogP contribution in [0.5, 0.6) is 0 Å². The van der Waals surface area contributed by atoms with E-state index >= 15 is 0 Å². The molecular weight excluding hydrogens is 422 g/mol. The predicted octanol–water partition coefficient (Wildman–Crippen LogP) is 3.75. The number of carbonyl (C=O) groups is 1. The number of piperidine rings is 1. The SMILES string of the molecule is CC1(C)CC(NC(=O)c2cccc(S(=O)(=O)[N-]c3cccc(Cl)c3)c2)CC(C)(C)[NH2+]1. The molecule has 0 atom stereocenters. The Balaban J connectivity index is 1.77. The summed E-state index contributed by atoms with van der Waals surface area (Å²) in [5.74, 6) is -0.284. The summed E-state index contributed by atoms with van der Waals surface area (Å²) in [6, 6.07) is 12.3. The second-order valence-corrected chi connectivity index (χ2v) is 11.3. The number of sulfonamides is 1. The number of hydrogen-bond donors (Lipinski definition) is 2. The van der Waals surface area contributed by atoms with Gasteiger partial charge in [0.1, 0.15) is 10.0 Å². The number of nitrogens with two attached hydrogens (primary N) is 1. The van der Waals surface area contributed by atoms with Gasteiger partial charge in [0.05, 0.1) is 16.0 Å². The topological polar surface area (TPSA) is 94.0 Å². The summed E-state index contributed by atoms with van der Waals surface area (Å²) in [7, 11) is -3.97. The summed E-state index contributed by atoms with van der Waals surface area (Å²) < 4.78 is 29.2. The molecule has 3 N–H and O–H groups in total. The molecule has 0 saturated carbocycles. The zero-order valence-corrected chi connectivity index (χ0v) is 19.2. The monoisotopic (exact) mass is 449 g/mol. The molecule has 1 fully saturated rings. The lowest BCUT2D eigenvalue weighted by atomic mass is 9.79. The molecule has 0 unspecified atom stereocenters. The molecule has 2 aromatic rings. The van der Waals surface area contributed by atoms with Crippen LogP contribution in [0.3, 0.4) is 0 Å². The van der Waals surface area contributed by atoms with E-state index in [2.05, 4.69) is 43.1 Å². The number of rotatable bonds is 5. The zero-order valence-electron chi connectivity index (χ0n) is 17.6. The van der Waals surface area contributed by atoms with Crippen LogP contribution >= 0.6 is 11.6 Å². The number of hydrogen-bond acceptors (Lipinski definition) is 3. The van der Waals surface area contributed by atoms with Gasteiger partial charge in [-0.2, -0.15) is 0 Å². The third kappa shape index (κ3) is 5.74. The van der Waals surface area contributed by atoms with Gasteiger partial charge in [-0.1, -0.05) is 35.9 Å². The number of halogens is 1. The number of benzene rings is 2. The first-order valence-corrected chi connectivity index (χ1v) is 11.7. The van der Waals surface area contributed by atoms with Crippen molar-refractivity contribution in [1.82, 2.24) is 5.32 Å². The molecule has 0 bridgehead atoms. The van der Waals surface area contributed by atoms with Gasteiger partial charge in [0.15, 0.2) is 0 Å². The molecule has 1 saturated heterocycles. The average molecular weight is 450 g/mol. The molecule has 1 aliphatic rings. The van der Waals surface area contributed by atoms with E-state index in [4.69, 9.17) is 11.6 Å². The molecule has 1 heterocycles. The normalized spacial score (nSPS) is 18.6. The van der Waals surface area contributed by atoms with Crippen LogP contribution in [0.25, 0.3) is 4.72 Å². The minimum atomic E-state index is -3.97. The van der Waals surface area contributed by atoms with Crippen molar-refractivity contribution in [2.45, 2.75) is 62.6 Å². The van der Waals surface area contributed by atoms with Crippen molar-refractivity contribution >= 4 is 33.2 Å². The van der Waals surface area contributed by atoms with E-state index < -0.39 is 10.0 Å². The van der Waals surface area contributed by atoms with Crippen LogP contribution in [0, 0.1) is 0 Å². The molecule has 6 nitrogen and oxygen atoms in total. The van der Waals surface area contributed by atoms with Crippen LogP contribution in [0.2, 0.25) is 5.02 Å². The highest BCUT2D eigenvalue weighted by Gasteiger charge is 2.42. The summed E-state index contributed by atoms with van der Waals surface area (Å²) in [6.07, 6.45) is 1.68. The summed E-state index contributed by atoms with van der Waals surface area (Å²) >= 11 is 5.91. The maximum atomic E-state index is 12.9. The fourth-order valence-electron chi connectivity index (χ4n) is 4.41. The van der Waals surface area contributed by atoms with Crippen LogP contribution in [-0.2, 0) is 10.0 Å². The van der Waals surface area contributed by atoms with Crippen LogP contribution in [-0.4, -0.2) is 31.4 Å². The maximum Gasteiger partial charge on any atom is 0.251 e. The lowest BCUT2D eigenvalue weighted by Gasteiger charge is -2.43. The van der Waals surface area contributed by atoms with Gasteiger partial charge in [-0.25, -0.2) is 8.42 Å². The maximum absolute atomic E-state index is 12.9. The quantitative estimate of drug-likeness (QED) is 0.727. The first-order chi connectivity index (χ1) is 13.9. The second-order valence-electron chi connectivity index (χ2n) is 9.27. The molecule has 0 aromatic heterocycles. The van der Waals surface area contributed by atoms with E-state index in [0.717, 1.165) is 12.8 Å². The van der Waals surface area contributed by atoms with Crippen molar-refractivity contribution in [3.8, 4) is 0 Å². The van der Waals surface area contributed by atoms with Crippen molar-refractivity contribution < 1.29 is 18.5 Å². The minimum Gasteiger partial charge on any atom is -0.573 e. The molecule has 0 radical (unpaired) electrons. The van der Waals surface area contributed by atoms with Crippen molar-refractivity contribution in [3.63, 3.8) is 0 Å². The smallest absolute Gasteiger partial charge is 0.251 e. The van der Waals surface area contributed by atoms with E-state index in [0.29, 0.717) is 10.6 Å². The largest absolute Gasteiger partial charge is 0.573 e. The third-order valence-corrected chi connectivity index (χ3v) is 6.63. The average Bonchev–Trinajstić information content (AvgIpc) is 2.58. The minimum absolute atomic E-state index is 0.0146. The molecular formula is C22H28ClN3O3S. The summed E-state index contributed by atoms with van der Waals surface area (Å²) in [5, 5.41) is 5.82. The lowest BCUT2D eigenvalue weighted by molar-refractivity contribution is -0.787. The Kier molecular flexibility index (Phi) is 6.18. The zero-order chi connectivity index (χ0) is 22.2. The Morgan fingerprint density at radius 2 is 1.70 bits per heavy atom. The Morgan fingerprint density at radius 1 is 1.07 bits per heavy atom.